The predicted octanol–water partition coefficient (Wildman–Crippen LogP) is 1.07. The summed E-state index contributed by atoms with van der Waals surface area (Å²) in [6.07, 6.45) is 2.28. The number of likely N-dealkylation sites (tertiary alicyclic amines) is 1. The lowest BCUT2D eigenvalue weighted by Gasteiger charge is -2.34. The molecular weight excluding hydrogens is 292 g/mol. The van der Waals surface area contributed by atoms with Crippen LogP contribution in [0.25, 0.3) is 0 Å². The van der Waals surface area contributed by atoms with Crippen LogP contribution in [-0.4, -0.2) is 52.8 Å². The Balaban J connectivity index is 1.43. The number of piperidine rings is 1. The molecule has 1 saturated carbocycles. The van der Waals surface area contributed by atoms with Gasteiger partial charge in [0.25, 0.3) is 0 Å². The number of hydrogen-bond donors (Lipinski definition) is 3. The van der Waals surface area contributed by atoms with Gasteiger partial charge in [0.1, 0.15) is 6.10 Å². The Morgan fingerprint density at radius 2 is 1.78 bits per heavy atom. The predicted molar refractivity (Wildman–Crippen MR) is 87.7 cm³/mol. The Labute approximate surface area is 137 Å². The fraction of sp³-hybridized carbons (Fsp3) is 0.611. The van der Waals surface area contributed by atoms with Crippen molar-refractivity contribution in [1.82, 2.24) is 10.2 Å². The van der Waals surface area contributed by atoms with E-state index in [0.29, 0.717) is 12.6 Å². The van der Waals surface area contributed by atoms with Crippen molar-refractivity contribution in [2.75, 3.05) is 19.6 Å². The fourth-order valence-corrected chi connectivity index (χ4v) is 3.20. The number of aliphatic hydroxyl groups is 2. The van der Waals surface area contributed by atoms with Crippen molar-refractivity contribution in [2.45, 2.75) is 43.9 Å². The first-order valence-electron chi connectivity index (χ1n) is 8.57. The Morgan fingerprint density at radius 1 is 1.13 bits per heavy atom. The topological polar surface area (TPSA) is 72.8 Å². The van der Waals surface area contributed by atoms with E-state index in [-0.39, 0.29) is 11.8 Å². The van der Waals surface area contributed by atoms with E-state index >= 15 is 0 Å². The number of rotatable bonds is 6. The summed E-state index contributed by atoms with van der Waals surface area (Å²) in [4.78, 5) is 14.1. The van der Waals surface area contributed by atoms with E-state index in [9.17, 15) is 15.0 Å². The van der Waals surface area contributed by atoms with Gasteiger partial charge in [-0.3, -0.25) is 4.79 Å². The molecule has 0 aromatic heterocycles. The van der Waals surface area contributed by atoms with E-state index in [1.165, 1.54) is 0 Å². The summed E-state index contributed by atoms with van der Waals surface area (Å²) in [5.41, 5.74) is 0.929. The normalized spacial score (nSPS) is 22.5. The zero-order valence-electron chi connectivity index (χ0n) is 13.4. The van der Waals surface area contributed by atoms with E-state index in [1.54, 1.807) is 0 Å². The largest absolute Gasteiger partial charge is 0.387 e. The third-order valence-electron chi connectivity index (χ3n) is 4.89. The van der Waals surface area contributed by atoms with Gasteiger partial charge in [-0.25, -0.2) is 0 Å². The molecule has 3 N–H and O–H groups in total. The van der Waals surface area contributed by atoms with Gasteiger partial charge in [0.15, 0.2) is 0 Å². The van der Waals surface area contributed by atoms with Crippen LogP contribution in [0.15, 0.2) is 30.3 Å². The molecule has 5 heteroatoms. The molecule has 1 aromatic rings. The first kappa shape index (κ1) is 16.4. The van der Waals surface area contributed by atoms with Gasteiger partial charge in [-0.15, -0.1) is 0 Å². The molecule has 1 heterocycles. The molecule has 23 heavy (non-hydrogen) atoms. The molecule has 0 unspecified atom stereocenters. The highest BCUT2D eigenvalue weighted by molar-refractivity contribution is 5.81. The maximum atomic E-state index is 11.9. The number of β-amino-alcohol motifs (C(OH)–C–C–N with tert-alkyl or cyclic N) is 1. The molecule has 0 radical (unpaired) electrons. The van der Waals surface area contributed by atoms with Crippen LogP contribution in [0.5, 0.6) is 0 Å². The van der Waals surface area contributed by atoms with Crippen LogP contribution < -0.4 is 5.32 Å². The van der Waals surface area contributed by atoms with E-state index < -0.39 is 12.2 Å². The van der Waals surface area contributed by atoms with Gasteiger partial charge < -0.3 is 20.4 Å². The molecular formula is C18H26N2O3. The summed E-state index contributed by atoms with van der Waals surface area (Å²) >= 11 is 0. The smallest absolute Gasteiger partial charge is 0.249 e. The number of benzene rings is 1. The molecule has 2 atom stereocenters. The zero-order valence-corrected chi connectivity index (χ0v) is 13.4. The van der Waals surface area contributed by atoms with Gasteiger partial charge in [-0.05, 0) is 50.3 Å². The van der Waals surface area contributed by atoms with E-state index in [0.717, 1.165) is 44.3 Å². The number of carbonyl (C=O) groups is 1. The minimum Gasteiger partial charge on any atom is -0.387 e. The Hall–Kier alpha value is -1.43. The third-order valence-corrected chi connectivity index (χ3v) is 4.89. The van der Waals surface area contributed by atoms with Crippen molar-refractivity contribution >= 4 is 5.91 Å². The summed E-state index contributed by atoms with van der Waals surface area (Å²) < 4.78 is 0. The first-order valence-corrected chi connectivity index (χ1v) is 8.57. The quantitative estimate of drug-likeness (QED) is 0.734. The lowest BCUT2D eigenvalue weighted by Crippen LogP contribution is -2.45. The number of aliphatic hydroxyl groups excluding tert-OH is 2. The average molecular weight is 318 g/mol. The van der Waals surface area contributed by atoms with Crippen molar-refractivity contribution in [3.8, 4) is 0 Å². The van der Waals surface area contributed by atoms with E-state index in [1.807, 2.05) is 30.3 Å². The number of carbonyl (C=O) groups excluding carboxylic acids is 1. The first-order chi connectivity index (χ1) is 11.1. The molecule has 1 aliphatic heterocycles. The van der Waals surface area contributed by atoms with Gasteiger partial charge in [-0.1, -0.05) is 30.3 Å². The van der Waals surface area contributed by atoms with Crippen molar-refractivity contribution < 1.29 is 15.0 Å². The Morgan fingerprint density at radius 3 is 2.39 bits per heavy atom. The average Bonchev–Trinajstić information content (AvgIpc) is 3.39. The minimum absolute atomic E-state index is 0.0267. The lowest BCUT2D eigenvalue weighted by molar-refractivity contribution is -0.133. The summed E-state index contributed by atoms with van der Waals surface area (Å²) in [5.74, 6) is -0.186. The molecule has 1 saturated heterocycles. The Kier molecular flexibility index (Phi) is 5.30. The van der Waals surface area contributed by atoms with Gasteiger partial charge in [0.05, 0.1) is 6.10 Å². The highest BCUT2D eigenvalue weighted by Crippen LogP contribution is 2.24. The minimum atomic E-state index is -0.892. The van der Waals surface area contributed by atoms with Crippen molar-refractivity contribution in [3.63, 3.8) is 0 Å². The third kappa shape index (κ3) is 4.53. The molecule has 2 aliphatic rings. The maximum absolute atomic E-state index is 11.9. The molecule has 2 fully saturated rings. The van der Waals surface area contributed by atoms with Crippen LogP contribution in [0.1, 0.15) is 37.4 Å². The van der Waals surface area contributed by atoms with Crippen LogP contribution in [0.2, 0.25) is 0 Å². The summed E-state index contributed by atoms with van der Waals surface area (Å²) in [6.45, 7) is 2.21. The highest BCUT2D eigenvalue weighted by atomic mass is 16.3. The number of nitrogens with one attached hydrogen (secondary N) is 1. The van der Waals surface area contributed by atoms with Crippen molar-refractivity contribution in [1.29, 1.82) is 0 Å². The molecule has 126 valence electrons. The maximum Gasteiger partial charge on any atom is 0.249 e. The molecule has 5 nitrogen and oxygen atoms in total. The second-order valence-electron chi connectivity index (χ2n) is 6.79. The monoisotopic (exact) mass is 318 g/mol. The van der Waals surface area contributed by atoms with Crippen LogP contribution >= 0.6 is 0 Å². The second kappa shape index (κ2) is 7.43. The SMILES string of the molecule is O=C(NC1CC1)[C@@H](O)C1CCN(C[C@@H](O)c2ccccc2)CC1. The molecule has 3 rings (SSSR count). The van der Waals surface area contributed by atoms with Gasteiger partial charge in [0.2, 0.25) is 5.91 Å². The van der Waals surface area contributed by atoms with Crippen LogP contribution in [-0.2, 0) is 4.79 Å². The number of hydrogen-bond acceptors (Lipinski definition) is 4. The second-order valence-corrected chi connectivity index (χ2v) is 6.79. The Bertz CT molecular complexity index is 510. The summed E-state index contributed by atoms with van der Waals surface area (Å²) in [7, 11) is 0. The summed E-state index contributed by atoms with van der Waals surface area (Å²) in [6, 6.07) is 9.96. The van der Waals surface area contributed by atoms with Crippen molar-refractivity contribution in [3.05, 3.63) is 35.9 Å². The fourth-order valence-electron chi connectivity index (χ4n) is 3.20. The molecule has 0 bridgehead atoms. The van der Waals surface area contributed by atoms with Crippen molar-refractivity contribution in [2.24, 2.45) is 5.92 Å². The van der Waals surface area contributed by atoms with E-state index in [2.05, 4.69) is 10.2 Å². The molecule has 1 amide bonds. The number of nitrogens with zero attached hydrogens (tertiary/aromatic N) is 1. The molecule has 0 spiro atoms. The number of amides is 1. The lowest BCUT2D eigenvalue weighted by atomic mass is 9.90. The van der Waals surface area contributed by atoms with Crippen LogP contribution in [0, 0.1) is 5.92 Å². The van der Waals surface area contributed by atoms with Gasteiger partial charge in [-0.2, -0.15) is 0 Å². The molecule has 1 aromatic carbocycles. The standard InChI is InChI=1S/C18H26N2O3/c21-16(13-4-2-1-3-5-13)12-20-10-8-14(9-11-20)17(22)18(23)19-15-6-7-15/h1-5,14-17,21-22H,6-12H2,(H,19,23)/t16-,17+/m1/s1. The van der Waals surface area contributed by atoms with Crippen LogP contribution in [0.3, 0.4) is 0 Å². The van der Waals surface area contributed by atoms with Gasteiger partial charge >= 0.3 is 0 Å². The molecule has 1 aliphatic carbocycles. The van der Waals surface area contributed by atoms with Gasteiger partial charge in [0, 0.05) is 12.6 Å². The zero-order chi connectivity index (χ0) is 16.2. The highest BCUT2D eigenvalue weighted by Gasteiger charge is 2.33. The summed E-state index contributed by atoms with van der Waals surface area (Å²) in [5, 5.41) is 23.3. The van der Waals surface area contributed by atoms with Crippen LogP contribution in [0.4, 0.5) is 0 Å². The van der Waals surface area contributed by atoms with E-state index in [4.69, 9.17) is 0 Å².